The van der Waals surface area contributed by atoms with E-state index < -0.39 is 8.26 Å². The fourth-order valence-corrected chi connectivity index (χ4v) is 1.23. The van der Waals surface area contributed by atoms with Crippen LogP contribution in [0.2, 0.25) is 0 Å². The minimum Gasteiger partial charge on any atom is -0.381 e. The van der Waals surface area contributed by atoms with Crippen molar-refractivity contribution in [2.75, 3.05) is 13.2 Å². The molecule has 0 N–H and O–H groups in total. The molecular weight excluding hydrogens is 351 g/mol. The van der Waals surface area contributed by atoms with Gasteiger partial charge in [0, 0.05) is 39.1 Å². The van der Waals surface area contributed by atoms with E-state index in [1.807, 2.05) is 30.3 Å². The Bertz CT molecular complexity index is 364. The predicted molar refractivity (Wildman–Crippen MR) is 74.8 cm³/mol. The van der Waals surface area contributed by atoms with Crippen LogP contribution >= 0.6 is 37.3 Å². The van der Waals surface area contributed by atoms with E-state index in [0.717, 1.165) is 17.7 Å². The second-order valence-electron chi connectivity index (χ2n) is 2.99. The van der Waals surface area contributed by atoms with Crippen LogP contribution in [-0.2, 0) is 13.0 Å². The Morgan fingerprint density at radius 1 is 1.06 bits per heavy atom. The van der Waals surface area contributed by atoms with Crippen LogP contribution in [0.15, 0.2) is 34.8 Å². The maximum atomic E-state index is 9.16. The fraction of sp³-hybridized carbons (Fsp3) is 0.400. The van der Waals surface area contributed by atoms with E-state index in [0.29, 0.717) is 0 Å². The first-order chi connectivity index (χ1) is 7.89. The molecule has 98 valence electrons. The van der Waals surface area contributed by atoms with E-state index in [1.54, 1.807) is 0 Å². The van der Waals surface area contributed by atoms with Crippen LogP contribution in [0.5, 0.6) is 0 Å². The Balaban J connectivity index is 0.000000232. The minimum absolute atomic E-state index is 1.00. The summed E-state index contributed by atoms with van der Waals surface area (Å²) in [5.41, 5.74) is 0. The molecule has 1 aromatic rings. The van der Waals surface area contributed by atoms with Crippen LogP contribution in [0.25, 0.3) is 0 Å². The van der Waals surface area contributed by atoms with Gasteiger partial charge >= 0.3 is 8.26 Å². The number of hydrogen-bond donors (Lipinski definition) is 0. The van der Waals surface area contributed by atoms with Gasteiger partial charge in [0.05, 0.1) is 0 Å². The summed E-state index contributed by atoms with van der Waals surface area (Å²) < 4.78 is 24.4. The van der Waals surface area contributed by atoms with Gasteiger partial charge in [-0.3, -0.25) is 0 Å². The van der Waals surface area contributed by atoms with Crippen LogP contribution < -0.4 is 0 Å². The highest BCUT2D eigenvalue weighted by atomic mass is 79.9. The molecule has 0 radical (unpaired) electrons. The molecule has 1 aromatic carbocycles. The number of ether oxygens (including phenoxy) is 1. The average Bonchev–Trinajstić information content (AvgIpc) is 2.73. The normalized spacial score (nSPS) is 14.1. The Labute approximate surface area is 119 Å². The highest BCUT2D eigenvalue weighted by molar-refractivity contribution is 9.10. The molecule has 1 aliphatic heterocycles. The van der Waals surface area contributed by atoms with Gasteiger partial charge in [0.25, 0.3) is 0 Å². The molecule has 1 heterocycles. The summed E-state index contributed by atoms with van der Waals surface area (Å²) in [5.74, 6) is 0. The van der Waals surface area contributed by atoms with Crippen molar-refractivity contribution in [3.05, 3.63) is 34.8 Å². The molecule has 2 rings (SSSR count). The molecule has 17 heavy (non-hydrogen) atoms. The van der Waals surface area contributed by atoms with Gasteiger partial charge in [-0.2, -0.15) is 8.42 Å². The SMILES string of the molecule is Brc1ccccc1.C1CCOC1.O=S(=O)(Cl)Cl. The van der Waals surface area contributed by atoms with E-state index in [-0.39, 0.29) is 0 Å². The van der Waals surface area contributed by atoms with Crippen molar-refractivity contribution in [1.29, 1.82) is 0 Å². The molecule has 3 nitrogen and oxygen atoms in total. The summed E-state index contributed by atoms with van der Waals surface area (Å²) in [6, 6.07) is 9.97. The summed E-state index contributed by atoms with van der Waals surface area (Å²) in [7, 11) is 4.81. The van der Waals surface area contributed by atoms with Gasteiger partial charge in [-0.25, -0.2) is 0 Å². The second-order valence-corrected chi connectivity index (χ2v) is 7.58. The third-order valence-electron chi connectivity index (χ3n) is 1.56. The predicted octanol–water partition coefficient (Wildman–Crippen LogP) is 3.95. The largest absolute Gasteiger partial charge is 0.381 e. The maximum absolute atomic E-state index is 9.16. The first-order valence-electron chi connectivity index (χ1n) is 4.82. The van der Waals surface area contributed by atoms with Crippen molar-refractivity contribution >= 4 is 45.6 Å². The van der Waals surface area contributed by atoms with Crippen LogP contribution in [0.3, 0.4) is 0 Å². The van der Waals surface area contributed by atoms with Gasteiger partial charge in [-0.05, 0) is 25.0 Å². The Kier molecular flexibility index (Phi) is 10.3. The lowest BCUT2D eigenvalue weighted by Crippen LogP contribution is -1.74. The summed E-state index contributed by atoms with van der Waals surface area (Å²) in [4.78, 5) is 0. The van der Waals surface area contributed by atoms with Gasteiger partial charge in [0.2, 0.25) is 0 Å². The fourth-order valence-electron chi connectivity index (χ4n) is 0.925. The van der Waals surface area contributed by atoms with E-state index in [9.17, 15) is 0 Å². The van der Waals surface area contributed by atoms with Gasteiger partial charge < -0.3 is 4.74 Å². The van der Waals surface area contributed by atoms with Gasteiger partial charge in [-0.15, -0.1) is 0 Å². The standard InChI is InChI=1S/C6H5Br.C4H8O.Cl2O2S/c7-6-4-2-1-3-5-6;1-2-4-5-3-1;1-5(2,3)4/h1-5H;1-4H2;. The summed E-state index contributed by atoms with van der Waals surface area (Å²) >= 11 is 3.31. The Morgan fingerprint density at radius 2 is 1.47 bits per heavy atom. The Morgan fingerprint density at radius 3 is 1.65 bits per heavy atom. The van der Waals surface area contributed by atoms with Crippen LogP contribution in [0.1, 0.15) is 12.8 Å². The van der Waals surface area contributed by atoms with Crippen molar-refractivity contribution in [3.8, 4) is 0 Å². The molecule has 0 saturated carbocycles. The number of halogens is 3. The number of hydrogen-bond acceptors (Lipinski definition) is 3. The molecule has 1 saturated heterocycles. The molecule has 0 unspecified atom stereocenters. The van der Waals surface area contributed by atoms with Crippen molar-refractivity contribution < 1.29 is 13.2 Å². The van der Waals surface area contributed by atoms with Crippen LogP contribution in [0, 0.1) is 0 Å². The van der Waals surface area contributed by atoms with Gasteiger partial charge in [-0.1, -0.05) is 34.1 Å². The van der Waals surface area contributed by atoms with Crippen molar-refractivity contribution in [2.24, 2.45) is 0 Å². The van der Waals surface area contributed by atoms with Crippen LogP contribution in [-0.4, -0.2) is 21.6 Å². The number of benzene rings is 1. The Hall–Kier alpha value is 0.190. The molecule has 7 heteroatoms. The molecule has 0 aliphatic carbocycles. The lowest BCUT2D eigenvalue weighted by molar-refractivity contribution is 0.198. The summed E-state index contributed by atoms with van der Waals surface area (Å²) in [5, 5.41) is 0. The lowest BCUT2D eigenvalue weighted by Gasteiger charge is -1.80. The third-order valence-corrected chi connectivity index (χ3v) is 2.09. The maximum Gasteiger partial charge on any atom is 0.317 e. The second kappa shape index (κ2) is 10.1. The first kappa shape index (κ1) is 17.2. The zero-order chi connectivity index (χ0) is 13.1. The summed E-state index contributed by atoms with van der Waals surface area (Å²) in [6.45, 7) is 2.00. The highest BCUT2D eigenvalue weighted by Crippen LogP contribution is 2.05. The monoisotopic (exact) mass is 362 g/mol. The van der Waals surface area contributed by atoms with Crippen LogP contribution in [0.4, 0.5) is 0 Å². The van der Waals surface area contributed by atoms with Crippen molar-refractivity contribution in [2.45, 2.75) is 12.8 Å². The quantitative estimate of drug-likeness (QED) is 0.655. The molecule has 1 aliphatic rings. The lowest BCUT2D eigenvalue weighted by atomic mass is 10.4. The van der Waals surface area contributed by atoms with E-state index in [1.165, 1.54) is 12.8 Å². The average molecular weight is 364 g/mol. The smallest absolute Gasteiger partial charge is 0.317 e. The third kappa shape index (κ3) is 18.7. The first-order valence-corrected chi connectivity index (χ1v) is 8.75. The van der Waals surface area contributed by atoms with E-state index in [4.69, 9.17) is 13.2 Å². The molecule has 1 fully saturated rings. The molecule has 0 spiro atoms. The molecular formula is C10H13BrCl2O3S. The molecule has 0 bridgehead atoms. The zero-order valence-corrected chi connectivity index (χ0v) is 12.9. The van der Waals surface area contributed by atoms with E-state index in [2.05, 4.69) is 37.3 Å². The van der Waals surface area contributed by atoms with Gasteiger partial charge in [0.15, 0.2) is 0 Å². The van der Waals surface area contributed by atoms with Crippen molar-refractivity contribution in [3.63, 3.8) is 0 Å². The topological polar surface area (TPSA) is 43.4 Å². The number of rotatable bonds is 0. The summed E-state index contributed by atoms with van der Waals surface area (Å²) in [6.07, 6.45) is 2.56. The highest BCUT2D eigenvalue weighted by Gasteiger charge is 1.94. The van der Waals surface area contributed by atoms with E-state index >= 15 is 0 Å². The zero-order valence-electron chi connectivity index (χ0n) is 8.98. The molecule has 0 amide bonds. The molecule has 0 atom stereocenters. The van der Waals surface area contributed by atoms with Gasteiger partial charge in [0.1, 0.15) is 0 Å². The molecule has 0 aromatic heterocycles. The minimum atomic E-state index is -3.72. The van der Waals surface area contributed by atoms with Crippen molar-refractivity contribution in [1.82, 2.24) is 0 Å².